The van der Waals surface area contributed by atoms with E-state index in [4.69, 9.17) is 10.5 Å². The Morgan fingerprint density at radius 3 is 2.52 bits per heavy atom. The molecule has 21 heavy (non-hydrogen) atoms. The van der Waals surface area contributed by atoms with Crippen molar-refractivity contribution in [1.82, 2.24) is 4.90 Å². The van der Waals surface area contributed by atoms with Gasteiger partial charge in [0.2, 0.25) is 0 Å². The Balaban J connectivity index is 2.03. The van der Waals surface area contributed by atoms with E-state index in [1.54, 1.807) is 7.11 Å². The van der Waals surface area contributed by atoms with Gasteiger partial charge >= 0.3 is 0 Å². The van der Waals surface area contributed by atoms with Crippen molar-refractivity contribution in [1.29, 1.82) is 0 Å². The quantitative estimate of drug-likeness (QED) is 0.885. The van der Waals surface area contributed by atoms with Crippen molar-refractivity contribution in [2.75, 3.05) is 20.7 Å². The average Bonchev–Trinajstić information content (AvgIpc) is 2.48. The summed E-state index contributed by atoms with van der Waals surface area (Å²) in [5.74, 6) is 0.862. The van der Waals surface area contributed by atoms with Crippen LogP contribution in [0.1, 0.15) is 22.7 Å². The van der Waals surface area contributed by atoms with Crippen LogP contribution in [0.3, 0.4) is 0 Å². The third-order valence-corrected chi connectivity index (χ3v) is 3.59. The molecule has 2 aromatic carbocycles. The van der Waals surface area contributed by atoms with Gasteiger partial charge in [-0.05, 0) is 25.6 Å². The lowest BCUT2D eigenvalue weighted by molar-refractivity contribution is 0.301. The standard InChI is InChI=1S/C18H24N2O/c1-14-9-10-18(21-3)16(11-14)17(19)13-20(2)12-15-7-5-4-6-8-15/h4-11,17H,12-13,19H2,1-3H3. The van der Waals surface area contributed by atoms with Gasteiger partial charge in [-0.2, -0.15) is 0 Å². The number of aryl methyl sites for hydroxylation is 1. The highest BCUT2D eigenvalue weighted by Crippen LogP contribution is 2.25. The van der Waals surface area contributed by atoms with Crippen molar-refractivity contribution in [3.8, 4) is 5.75 Å². The predicted molar refractivity (Wildman–Crippen MR) is 87.4 cm³/mol. The molecule has 0 radical (unpaired) electrons. The summed E-state index contributed by atoms with van der Waals surface area (Å²) in [6, 6.07) is 16.5. The fourth-order valence-electron chi connectivity index (χ4n) is 2.54. The summed E-state index contributed by atoms with van der Waals surface area (Å²) in [7, 11) is 3.78. The van der Waals surface area contributed by atoms with Crippen molar-refractivity contribution in [2.24, 2.45) is 5.73 Å². The summed E-state index contributed by atoms with van der Waals surface area (Å²) in [5.41, 5.74) is 9.94. The van der Waals surface area contributed by atoms with Crippen LogP contribution in [-0.4, -0.2) is 25.6 Å². The molecule has 0 saturated heterocycles. The lowest BCUT2D eigenvalue weighted by atomic mass is 10.0. The topological polar surface area (TPSA) is 38.5 Å². The molecule has 0 aliphatic rings. The molecule has 2 N–H and O–H groups in total. The molecule has 112 valence electrons. The first-order valence-electron chi connectivity index (χ1n) is 7.22. The zero-order valence-corrected chi connectivity index (χ0v) is 13.0. The molecule has 2 aromatic rings. The van der Waals surface area contributed by atoms with Gasteiger partial charge in [0.25, 0.3) is 0 Å². The number of rotatable bonds is 6. The Kier molecular flexibility index (Phi) is 5.37. The molecule has 0 aromatic heterocycles. The van der Waals surface area contributed by atoms with Crippen LogP contribution < -0.4 is 10.5 Å². The van der Waals surface area contributed by atoms with Gasteiger partial charge in [-0.1, -0.05) is 48.0 Å². The van der Waals surface area contributed by atoms with Crippen LogP contribution in [0.5, 0.6) is 5.75 Å². The molecule has 0 amide bonds. The van der Waals surface area contributed by atoms with Crippen molar-refractivity contribution >= 4 is 0 Å². The van der Waals surface area contributed by atoms with E-state index in [1.807, 2.05) is 18.2 Å². The van der Waals surface area contributed by atoms with Crippen molar-refractivity contribution < 1.29 is 4.74 Å². The smallest absolute Gasteiger partial charge is 0.123 e. The summed E-state index contributed by atoms with van der Waals surface area (Å²) >= 11 is 0. The van der Waals surface area contributed by atoms with Gasteiger partial charge in [-0.25, -0.2) is 0 Å². The molecule has 0 heterocycles. The highest BCUT2D eigenvalue weighted by molar-refractivity contribution is 5.39. The van der Waals surface area contributed by atoms with E-state index in [9.17, 15) is 0 Å². The van der Waals surface area contributed by atoms with Crippen LogP contribution in [-0.2, 0) is 6.54 Å². The van der Waals surface area contributed by atoms with E-state index < -0.39 is 0 Å². The second-order valence-electron chi connectivity index (χ2n) is 5.53. The summed E-state index contributed by atoms with van der Waals surface area (Å²) in [6.07, 6.45) is 0. The molecule has 0 bridgehead atoms. The van der Waals surface area contributed by atoms with E-state index in [0.717, 1.165) is 24.4 Å². The van der Waals surface area contributed by atoms with Gasteiger partial charge in [0.15, 0.2) is 0 Å². The van der Waals surface area contributed by atoms with E-state index in [2.05, 4.69) is 49.2 Å². The van der Waals surface area contributed by atoms with Crippen molar-refractivity contribution in [3.63, 3.8) is 0 Å². The normalized spacial score (nSPS) is 12.4. The van der Waals surface area contributed by atoms with Gasteiger partial charge in [0, 0.05) is 24.7 Å². The first-order chi connectivity index (χ1) is 10.1. The van der Waals surface area contributed by atoms with Crippen LogP contribution in [0, 0.1) is 6.92 Å². The van der Waals surface area contributed by atoms with Gasteiger partial charge in [0.1, 0.15) is 5.75 Å². The highest BCUT2D eigenvalue weighted by Gasteiger charge is 2.14. The number of nitrogens with zero attached hydrogens (tertiary/aromatic N) is 1. The SMILES string of the molecule is COc1ccc(C)cc1C(N)CN(C)Cc1ccccc1. The third kappa shape index (κ3) is 4.31. The van der Waals surface area contributed by atoms with Gasteiger partial charge in [-0.15, -0.1) is 0 Å². The minimum absolute atomic E-state index is 0.0615. The molecule has 2 rings (SSSR count). The monoisotopic (exact) mass is 284 g/mol. The van der Waals surface area contributed by atoms with E-state index in [1.165, 1.54) is 11.1 Å². The second kappa shape index (κ2) is 7.25. The molecule has 0 aliphatic heterocycles. The molecule has 0 spiro atoms. The van der Waals surface area contributed by atoms with E-state index >= 15 is 0 Å². The molecule has 0 fully saturated rings. The maximum Gasteiger partial charge on any atom is 0.123 e. The largest absolute Gasteiger partial charge is 0.496 e. The Morgan fingerprint density at radius 1 is 1.14 bits per heavy atom. The first-order valence-corrected chi connectivity index (χ1v) is 7.22. The fraction of sp³-hybridized carbons (Fsp3) is 0.333. The lowest BCUT2D eigenvalue weighted by Crippen LogP contribution is -2.29. The molecular weight excluding hydrogens is 260 g/mol. The Hall–Kier alpha value is -1.84. The molecule has 0 saturated carbocycles. The third-order valence-electron chi connectivity index (χ3n) is 3.59. The summed E-state index contributed by atoms with van der Waals surface area (Å²) in [6.45, 7) is 3.75. The molecule has 3 heteroatoms. The number of benzene rings is 2. The lowest BCUT2D eigenvalue weighted by Gasteiger charge is -2.23. The Bertz CT molecular complexity index is 569. The van der Waals surface area contributed by atoms with Crippen LogP contribution in [0.4, 0.5) is 0 Å². The maximum atomic E-state index is 6.37. The van der Waals surface area contributed by atoms with Crippen LogP contribution in [0.25, 0.3) is 0 Å². The minimum atomic E-state index is -0.0615. The van der Waals surface area contributed by atoms with E-state index in [-0.39, 0.29) is 6.04 Å². The molecule has 3 nitrogen and oxygen atoms in total. The summed E-state index contributed by atoms with van der Waals surface area (Å²) in [5, 5.41) is 0. The minimum Gasteiger partial charge on any atom is -0.496 e. The fourth-order valence-corrected chi connectivity index (χ4v) is 2.54. The van der Waals surface area contributed by atoms with Crippen molar-refractivity contribution in [3.05, 3.63) is 65.2 Å². The zero-order chi connectivity index (χ0) is 15.2. The number of nitrogens with two attached hydrogens (primary N) is 1. The molecule has 1 atom stereocenters. The van der Waals surface area contributed by atoms with Gasteiger partial charge < -0.3 is 15.4 Å². The van der Waals surface area contributed by atoms with E-state index in [0.29, 0.717) is 0 Å². The Labute approximate surface area is 127 Å². The van der Waals surface area contributed by atoms with Gasteiger partial charge in [0.05, 0.1) is 7.11 Å². The highest BCUT2D eigenvalue weighted by atomic mass is 16.5. The molecule has 1 unspecified atom stereocenters. The number of hydrogen-bond donors (Lipinski definition) is 1. The maximum absolute atomic E-state index is 6.37. The van der Waals surface area contributed by atoms with Crippen LogP contribution in [0.15, 0.2) is 48.5 Å². The van der Waals surface area contributed by atoms with Crippen LogP contribution >= 0.6 is 0 Å². The second-order valence-corrected chi connectivity index (χ2v) is 5.53. The zero-order valence-electron chi connectivity index (χ0n) is 13.0. The summed E-state index contributed by atoms with van der Waals surface area (Å²) in [4.78, 5) is 2.24. The predicted octanol–water partition coefficient (Wildman–Crippen LogP) is 3.14. The number of hydrogen-bond acceptors (Lipinski definition) is 3. The van der Waals surface area contributed by atoms with Crippen molar-refractivity contribution in [2.45, 2.75) is 19.5 Å². The van der Waals surface area contributed by atoms with Gasteiger partial charge in [-0.3, -0.25) is 0 Å². The van der Waals surface area contributed by atoms with Crippen LogP contribution in [0.2, 0.25) is 0 Å². The first kappa shape index (κ1) is 15.5. The Morgan fingerprint density at radius 2 is 1.86 bits per heavy atom. The average molecular weight is 284 g/mol. The number of likely N-dealkylation sites (N-methyl/N-ethyl adjacent to an activating group) is 1. The summed E-state index contributed by atoms with van der Waals surface area (Å²) < 4.78 is 5.42. The number of methoxy groups -OCH3 is 1. The number of ether oxygens (including phenoxy) is 1. The molecular formula is C18H24N2O. The molecule has 0 aliphatic carbocycles.